The first kappa shape index (κ1) is 22.5. The van der Waals surface area contributed by atoms with Crippen LogP contribution in [0.4, 0.5) is 5.69 Å². The van der Waals surface area contributed by atoms with E-state index in [9.17, 15) is 4.79 Å². The number of H-pyrrole nitrogens is 1. The minimum Gasteiger partial charge on any atom is -0.378 e. The van der Waals surface area contributed by atoms with Crippen LogP contribution in [0.2, 0.25) is 0 Å². The summed E-state index contributed by atoms with van der Waals surface area (Å²) in [6.07, 6.45) is 0. The van der Waals surface area contributed by atoms with Crippen LogP contribution in [-0.4, -0.2) is 54.1 Å². The summed E-state index contributed by atoms with van der Waals surface area (Å²) in [6, 6.07) is 24.3. The van der Waals surface area contributed by atoms with Crippen molar-refractivity contribution < 1.29 is 9.53 Å². The van der Waals surface area contributed by atoms with E-state index in [0.717, 1.165) is 59.2 Å². The molecule has 0 aliphatic carbocycles. The van der Waals surface area contributed by atoms with Gasteiger partial charge in [-0.25, -0.2) is 4.98 Å². The second kappa shape index (κ2) is 10.3. The number of hydrogen-bond donors (Lipinski definition) is 1. The number of thioether (sulfide) groups is 1. The zero-order valence-corrected chi connectivity index (χ0v) is 20.1. The summed E-state index contributed by atoms with van der Waals surface area (Å²) in [5.74, 6) is 0.696. The summed E-state index contributed by atoms with van der Waals surface area (Å²) in [6.45, 7) is 3.94. The van der Waals surface area contributed by atoms with E-state index in [1.807, 2.05) is 55.6 Å². The molecule has 6 nitrogen and oxygen atoms in total. The highest BCUT2D eigenvalue weighted by Crippen LogP contribution is 2.25. The number of para-hydroxylation sites is 2. The van der Waals surface area contributed by atoms with Crippen molar-refractivity contribution in [2.45, 2.75) is 17.5 Å². The molecule has 1 fully saturated rings. The van der Waals surface area contributed by atoms with Crippen molar-refractivity contribution in [2.24, 2.45) is 0 Å². The number of carbonyl (C=O) groups is 1. The van der Waals surface area contributed by atoms with Gasteiger partial charge in [-0.2, -0.15) is 0 Å². The molecule has 1 saturated heterocycles. The molecular formula is C27H28N4O2S. The van der Waals surface area contributed by atoms with E-state index in [1.54, 1.807) is 16.7 Å². The summed E-state index contributed by atoms with van der Waals surface area (Å²) >= 11 is 1.61. The van der Waals surface area contributed by atoms with Crippen molar-refractivity contribution in [3.63, 3.8) is 0 Å². The Bertz CT molecular complexity index is 1230. The minimum absolute atomic E-state index is 0.0260. The fraction of sp³-hybridized carbons (Fsp3) is 0.259. The number of aromatic nitrogens is 2. The number of imidazole rings is 1. The van der Waals surface area contributed by atoms with Gasteiger partial charge >= 0.3 is 0 Å². The third-order valence-electron chi connectivity index (χ3n) is 6.06. The van der Waals surface area contributed by atoms with E-state index in [4.69, 9.17) is 4.74 Å². The van der Waals surface area contributed by atoms with Gasteiger partial charge in [-0.15, -0.1) is 0 Å². The molecule has 1 aliphatic rings. The van der Waals surface area contributed by atoms with Crippen molar-refractivity contribution in [3.05, 3.63) is 89.5 Å². The van der Waals surface area contributed by atoms with Crippen LogP contribution in [0.5, 0.6) is 0 Å². The lowest BCUT2D eigenvalue weighted by molar-refractivity contribution is 0.0784. The summed E-state index contributed by atoms with van der Waals surface area (Å²) < 4.78 is 5.44. The zero-order valence-electron chi connectivity index (χ0n) is 19.2. The van der Waals surface area contributed by atoms with E-state index in [2.05, 4.69) is 39.1 Å². The van der Waals surface area contributed by atoms with Crippen LogP contribution in [0.15, 0.2) is 78.0 Å². The average Bonchev–Trinajstić information content (AvgIpc) is 3.31. The van der Waals surface area contributed by atoms with Gasteiger partial charge in [0.15, 0.2) is 5.16 Å². The van der Waals surface area contributed by atoms with Crippen molar-refractivity contribution in [1.82, 2.24) is 14.9 Å². The normalized spacial score (nSPS) is 13.9. The number of nitrogens with one attached hydrogen (secondary N) is 1. The van der Waals surface area contributed by atoms with Gasteiger partial charge in [-0.05, 0) is 41.5 Å². The maximum absolute atomic E-state index is 13.3. The topological polar surface area (TPSA) is 61.5 Å². The highest BCUT2D eigenvalue weighted by Gasteiger charge is 2.17. The van der Waals surface area contributed by atoms with Crippen LogP contribution in [0, 0.1) is 0 Å². The molecule has 1 N–H and O–H groups in total. The number of fused-ring (bicyclic) bond motifs is 1. The maximum Gasteiger partial charge on any atom is 0.254 e. The molecule has 0 spiro atoms. The SMILES string of the molecule is CN(Cc1ccc(N2CCOCC2)cc1)C(=O)c1ccccc1CSc1nc2ccccc2[nH]1. The minimum atomic E-state index is 0.0260. The fourth-order valence-electron chi connectivity index (χ4n) is 4.18. The Morgan fingerprint density at radius 1 is 1.03 bits per heavy atom. The standard InChI is InChI=1S/C27H28N4O2S/c1-30(18-20-10-12-22(13-11-20)31-14-16-33-17-15-31)26(32)23-7-3-2-6-21(23)19-34-27-28-24-8-4-5-9-25(24)29-27/h2-13H,14-19H2,1H3,(H,28,29). The third-order valence-corrected chi connectivity index (χ3v) is 6.98. The highest BCUT2D eigenvalue weighted by atomic mass is 32.2. The number of morpholine rings is 1. The predicted molar refractivity (Wildman–Crippen MR) is 137 cm³/mol. The van der Waals surface area contributed by atoms with E-state index in [0.29, 0.717) is 12.3 Å². The molecule has 2 heterocycles. The Kier molecular flexibility index (Phi) is 6.83. The molecule has 0 unspecified atom stereocenters. The molecule has 0 radical (unpaired) electrons. The highest BCUT2D eigenvalue weighted by molar-refractivity contribution is 7.98. The zero-order chi connectivity index (χ0) is 23.3. The van der Waals surface area contributed by atoms with Gasteiger partial charge in [0.1, 0.15) is 0 Å². The number of anilines is 1. The number of ether oxygens (including phenoxy) is 1. The molecule has 1 aromatic heterocycles. The lowest BCUT2D eigenvalue weighted by Crippen LogP contribution is -2.36. The molecular weight excluding hydrogens is 444 g/mol. The first-order chi connectivity index (χ1) is 16.7. The Morgan fingerprint density at radius 3 is 2.56 bits per heavy atom. The lowest BCUT2D eigenvalue weighted by atomic mass is 10.1. The molecule has 3 aromatic carbocycles. The predicted octanol–water partition coefficient (Wildman–Crippen LogP) is 4.96. The molecule has 0 bridgehead atoms. The van der Waals surface area contributed by atoms with E-state index in [-0.39, 0.29) is 5.91 Å². The van der Waals surface area contributed by atoms with Gasteiger partial charge in [0.05, 0.1) is 24.2 Å². The second-order valence-corrected chi connectivity index (χ2v) is 9.40. The Labute approximate surface area is 203 Å². The monoisotopic (exact) mass is 472 g/mol. The first-order valence-electron chi connectivity index (χ1n) is 11.5. The first-order valence-corrected chi connectivity index (χ1v) is 12.5. The summed E-state index contributed by atoms with van der Waals surface area (Å²) in [5, 5.41) is 0.858. The second-order valence-electron chi connectivity index (χ2n) is 8.43. The Morgan fingerprint density at radius 2 is 1.76 bits per heavy atom. The molecule has 5 rings (SSSR count). The maximum atomic E-state index is 13.3. The molecule has 7 heteroatoms. The molecule has 174 valence electrons. The number of amides is 1. The number of carbonyl (C=O) groups excluding carboxylic acids is 1. The van der Waals surface area contributed by atoms with Crippen molar-refractivity contribution >= 4 is 34.4 Å². The van der Waals surface area contributed by atoms with Crippen LogP contribution in [-0.2, 0) is 17.0 Å². The summed E-state index contributed by atoms with van der Waals surface area (Å²) in [4.78, 5) is 25.4. The van der Waals surface area contributed by atoms with Gasteiger partial charge in [0, 0.05) is 43.7 Å². The molecule has 0 saturated carbocycles. The molecule has 34 heavy (non-hydrogen) atoms. The number of rotatable bonds is 7. The van der Waals surface area contributed by atoms with Crippen molar-refractivity contribution in [1.29, 1.82) is 0 Å². The van der Waals surface area contributed by atoms with Crippen LogP contribution in [0.25, 0.3) is 11.0 Å². The van der Waals surface area contributed by atoms with Crippen molar-refractivity contribution in [3.8, 4) is 0 Å². The Hall–Kier alpha value is -3.29. The molecule has 0 atom stereocenters. The van der Waals surface area contributed by atoms with Crippen LogP contribution < -0.4 is 4.90 Å². The van der Waals surface area contributed by atoms with Gasteiger partial charge < -0.3 is 19.5 Å². The largest absolute Gasteiger partial charge is 0.378 e. The van der Waals surface area contributed by atoms with E-state index >= 15 is 0 Å². The van der Waals surface area contributed by atoms with E-state index < -0.39 is 0 Å². The summed E-state index contributed by atoms with van der Waals surface area (Å²) in [7, 11) is 1.86. The molecule has 4 aromatic rings. The molecule has 1 aliphatic heterocycles. The van der Waals surface area contributed by atoms with Gasteiger partial charge in [-0.1, -0.05) is 54.2 Å². The van der Waals surface area contributed by atoms with Crippen LogP contribution >= 0.6 is 11.8 Å². The number of aromatic amines is 1. The smallest absolute Gasteiger partial charge is 0.254 e. The third kappa shape index (κ3) is 5.11. The van der Waals surface area contributed by atoms with Gasteiger partial charge in [0.25, 0.3) is 5.91 Å². The Balaban J connectivity index is 1.24. The number of nitrogens with zero attached hydrogens (tertiary/aromatic N) is 3. The quantitative estimate of drug-likeness (QED) is 0.385. The van der Waals surface area contributed by atoms with Crippen molar-refractivity contribution in [2.75, 3.05) is 38.3 Å². The van der Waals surface area contributed by atoms with E-state index in [1.165, 1.54) is 5.69 Å². The lowest BCUT2D eigenvalue weighted by Gasteiger charge is -2.29. The molecule has 1 amide bonds. The van der Waals surface area contributed by atoms with Crippen LogP contribution in [0.3, 0.4) is 0 Å². The average molecular weight is 473 g/mol. The van der Waals surface area contributed by atoms with Gasteiger partial charge in [0.2, 0.25) is 0 Å². The number of benzene rings is 3. The fourth-order valence-corrected chi connectivity index (χ4v) is 5.07. The summed E-state index contributed by atoms with van der Waals surface area (Å²) in [5.41, 5.74) is 6.03. The van der Waals surface area contributed by atoms with Crippen LogP contribution in [0.1, 0.15) is 21.5 Å². The van der Waals surface area contributed by atoms with Gasteiger partial charge in [-0.3, -0.25) is 4.79 Å². The number of hydrogen-bond acceptors (Lipinski definition) is 5.